The highest BCUT2D eigenvalue weighted by molar-refractivity contribution is 5.82. The molecule has 1 amide bonds. The highest BCUT2D eigenvalue weighted by Crippen LogP contribution is 2.33. The van der Waals surface area contributed by atoms with E-state index in [4.69, 9.17) is 9.47 Å². The molecule has 4 aromatic rings. The van der Waals surface area contributed by atoms with Gasteiger partial charge >= 0.3 is 0 Å². The number of amides is 1. The summed E-state index contributed by atoms with van der Waals surface area (Å²) in [5.74, 6) is 1.15. The van der Waals surface area contributed by atoms with Gasteiger partial charge in [-0.3, -0.25) is 4.79 Å². The molecule has 0 fully saturated rings. The first-order chi connectivity index (χ1) is 17.5. The number of hydrogen-bond donors (Lipinski definition) is 1. The summed E-state index contributed by atoms with van der Waals surface area (Å²) < 4.78 is 27.2. The zero-order chi connectivity index (χ0) is 26.9. The standard InChI is InChI=1S/C30H34FN3O3/c1-18-14-21(15-19(2)27(18)36-7)28(20(3)33-29(35)30(4,5)6)37-25-12-13-26-22(16-25)17-32-34(26)24-10-8-23(31)9-11-24/h8-17,20,28H,1-7H3,(H,33,35)/t20-,28-/m0/s1. The van der Waals surface area contributed by atoms with Gasteiger partial charge in [-0.2, -0.15) is 5.10 Å². The van der Waals surface area contributed by atoms with Crippen LogP contribution in [0.15, 0.2) is 60.8 Å². The van der Waals surface area contributed by atoms with Crippen molar-refractivity contribution in [2.24, 2.45) is 5.41 Å². The maximum absolute atomic E-state index is 13.4. The Hall–Kier alpha value is -3.87. The number of fused-ring (bicyclic) bond motifs is 1. The molecule has 4 rings (SSSR count). The zero-order valence-corrected chi connectivity index (χ0v) is 22.4. The summed E-state index contributed by atoms with van der Waals surface area (Å²) in [6.45, 7) is 11.6. The predicted molar refractivity (Wildman–Crippen MR) is 144 cm³/mol. The van der Waals surface area contributed by atoms with Gasteiger partial charge in [0.15, 0.2) is 0 Å². The molecule has 0 saturated carbocycles. The van der Waals surface area contributed by atoms with Crippen molar-refractivity contribution < 1.29 is 18.7 Å². The topological polar surface area (TPSA) is 65.4 Å². The first kappa shape index (κ1) is 26.2. The molecule has 194 valence electrons. The Balaban J connectivity index is 1.69. The number of aryl methyl sites for hydroxylation is 2. The number of carbonyl (C=O) groups is 1. The monoisotopic (exact) mass is 503 g/mol. The van der Waals surface area contributed by atoms with Gasteiger partial charge in [0, 0.05) is 10.8 Å². The molecule has 1 aromatic heterocycles. The average molecular weight is 504 g/mol. The lowest BCUT2D eigenvalue weighted by Crippen LogP contribution is -2.44. The number of methoxy groups -OCH3 is 1. The van der Waals surface area contributed by atoms with E-state index in [1.54, 1.807) is 30.1 Å². The highest BCUT2D eigenvalue weighted by Gasteiger charge is 2.29. The van der Waals surface area contributed by atoms with Crippen molar-refractivity contribution in [3.05, 3.63) is 83.3 Å². The Morgan fingerprint density at radius 1 is 1.03 bits per heavy atom. The number of carbonyl (C=O) groups excluding carboxylic acids is 1. The third-order valence-corrected chi connectivity index (χ3v) is 6.38. The van der Waals surface area contributed by atoms with Crippen LogP contribution in [0.2, 0.25) is 0 Å². The molecule has 0 aliphatic rings. The molecule has 7 heteroatoms. The van der Waals surface area contributed by atoms with Gasteiger partial charge in [-0.1, -0.05) is 20.8 Å². The van der Waals surface area contributed by atoms with Crippen LogP contribution in [0.5, 0.6) is 11.5 Å². The Morgan fingerprint density at radius 3 is 2.27 bits per heavy atom. The van der Waals surface area contributed by atoms with Crippen molar-refractivity contribution in [2.75, 3.05) is 7.11 Å². The third kappa shape index (κ3) is 5.61. The molecule has 0 bridgehead atoms. The zero-order valence-electron chi connectivity index (χ0n) is 22.4. The number of nitrogens with one attached hydrogen (secondary N) is 1. The summed E-state index contributed by atoms with van der Waals surface area (Å²) in [6, 6.07) is 15.7. The number of ether oxygens (including phenoxy) is 2. The number of hydrogen-bond acceptors (Lipinski definition) is 4. The van der Waals surface area contributed by atoms with E-state index in [9.17, 15) is 9.18 Å². The molecule has 37 heavy (non-hydrogen) atoms. The fraction of sp³-hybridized carbons (Fsp3) is 0.333. The van der Waals surface area contributed by atoms with E-state index in [0.29, 0.717) is 5.75 Å². The summed E-state index contributed by atoms with van der Waals surface area (Å²) in [4.78, 5) is 12.8. The number of halogens is 1. The van der Waals surface area contributed by atoms with E-state index in [1.807, 2.05) is 71.9 Å². The van der Waals surface area contributed by atoms with Crippen LogP contribution in [0.1, 0.15) is 50.5 Å². The van der Waals surface area contributed by atoms with Crippen LogP contribution in [0, 0.1) is 25.1 Å². The SMILES string of the molecule is COc1c(C)cc([C@@H](Oc2ccc3c(cnn3-c3ccc(F)cc3)c2)[C@H](C)NC(=O)C(C)(C)C)cc1C. The largest absolute Gasteiger partial charge is 0.496 e. The lowest BCUT2D eigenvalue weighted by molar-refractivity contribution is -0.129. The molecule has 0 unspecified atom stereocenters. The maximum atomic E-state index is 13.4. The Labute approximate surface area is 217 Å². The Kier molecular flexibility index (Phi) is 7.25. The van der Waals surface area contributed by atoms with Gasteiger partial charge in [0.2, 0.25) is 5.91 Å². The van der Waals surface area contributed by atoms with Gasteiger partial charge in [-0.15, -0.1) is 0 Å². The van der Waals surface area contributed by atoms with Gasteiger partial charge in [0.25, 0.3) is 0 Å². The van der Waals surface area contributed by atoms with E-state index in [2.05, 4.69) is 10.4 Å². The van der Waals surface area contributed by atoms with E-state index >= 15 is 0 Å². The van der Waals surface area contributed by atoms with E-state index in [-0.39, 0.29) is 17.8 Å². The minimum absolute atomic E-state index is 0.0495. The lowest BCUT2D eigenvalue weighted by Gasteiger charge is -2.30. The molecule has 6 nitrogen and oxygen atoms in total. The number of aromatic nitrogens is 2. The van der Waals surface area contributed by atoms with Gasteiger partial charge in [-0.05, 0) is 92.1 Å². The van der Waals surface area contributed by atoms with Crippen molar-refractivity contribution in [2.45, 2.75) is 53.7 Å². The maximum Gasteiger partial charge on any atom is 0.225 e. The van der Waals surface area contributed by atoms with Gasteiger partial charge < -0.3 is 14.8 Å². The summed E-state index contributed by atoms with van der Waals surface area (Å²) in [7, 11) is 1.66. The molecule has 3 aromatic carbocycles. The summed E-state index contributed by atoms with van der Waals surface area (Å²) in [6.07, 6.45) is 1.31. The van der Waals surface area contributed by atoms with Crippen molar-refractivity contribution in [3.63, 3.8) is 0 Å². The van der Waals surface area contributed by atoms with Crippen LogP contribution in [0.4, 0.5) is 4.39 Å². The summed E-state index contributed by atoms with van der Waals surface area (Å²) >= 11 is 0. The molecule has 2 atom stereocenters. The Bertz CT molecular complexity index is 1400. The van der Waals surface area contributed by atoms with Crippen LogP contribution in [0.3, 0.4) is 0 Å². The molecule has 0 radical (unpaired) electrons. The van der Waals surface area contributed by atoms with Crippen molar-refractivity contribution in [1.29, 1.82) is 0 Å². The first-order valence-corrected chi connectivity index (χ1v) is 12.3. The fourth-order valence-corrected chi connectivity index (χ4v) is 4.45. The molecule has 0 aliphatic heterocycles. The molecular weight excluding hydrogens is 469 g/mol. The predicted octanol–water partition coefficient (Wildman–Crippen LogP) is 6.46. The number of nitrogens with zero attached hydrogens (tertiary/aromatic N) is 2. The summed E-state index contributed by atoms with van der Waals surface area (Å²) in [5, 5.41) is 8.50. The van der Waals surface area contributed by atoms with Crippen molar-refractivity contribution in [1.82, 2.24) is 15.1 Å². The van der Waals surface area contributed by atoms with E-state index in [0.717, 1.165) is 39.0 Å². The normalized spacial score (nSPS) is 13.3. The molecule has 0 saturated heterocycles. The lowest BCUT2D eigenvalue weighted by atomic mass is 9.93. The second kappa shape index (κ2) is 10.2. The smallest absolute Gasteiger partial charge is 0.225 e. The minimum atomic E-state index is -0.529. The van der Waals surface area contributed by atoms with Crippen LogP contribution in [-0.4, -0.2) is 28.8 Å². The fourth-order valence-electron chi connectivity index (χ4n) is 4.45. The number of benzene rings is 3. The van der Waals surface area contributed by atoms with Gasteiger partial charge in [-0.25, -0.2) is 9.07 Å². The molecular formula is C30H34FN3O3. The Morgan fingerprint density at radius 2 is 1.68 bits per heavy atom. The molecule has 0 spiro atoms. The van der Waals surface area contributed by atoms with Crippen LogP contribution >= 0.6 is 0 Å². The highest BCUT2D eigenvalue weighted by atomic mass is 19.1. The minimum Gasteiger partial charge on any atom is -0.496 e. The van der Waals surface area contributed by atoms with Gasteiger partial charge in [0.05, 0.1) is 30.6 Å². The average Bonchev–Trinajstić information content (AvgIpc) is 3.25. The quantitative estimate of drug-likeness (QED) is 0.314. The second-order valence-electron chi connectivity index (χ2n) is 10.5. The van der Waals surface area contributed by atoms with Crippen LogP contribution < -0.4 is 14.8 Å². The van der Waals surface area contributed by atoms with E-state index in [1.165, 1.54) is 12.1 Å². The number of rotatable bonds is 7. The first-order valence-electron chi connectivity index (χ1n) is 12.3. The molecule has 1 heterocycles. The van der Waals surface area contributed by atoms with Gasteiger partial charge in [0.1, 0.15) is 23.4 Å². The van der Waals surface area contributed by atoms with Crippen molar-refractivity contribution in [3.8, 4) is 17.2 Å². The summed E-state index contributed by atoms with van der Waals surface area (Å²) in [5.41, 5.74) is 4.05. The van der Waals surface area contributed by atoms with E-state index < -0.39 is 11.5 Å². The molecule has 0 aliphatic carbocycles. The van der Waals surface area contributed by atoms with Crippen molar-refractivity contribution >= 4 is 16.8 Å². The third-order valence-electron chi connectivity index (χ3n) is 6.38. The van der Waals surface area contributed by atoms with Crippen LogP contribution in [0.25, 0.3) is 16.6 Å². The second-order valence-corrected chi connectivity index (χ2v) is 10.5. The van der Waals surface area contributed by atoms with Crippen LogP contribution in [-0.2, 0) is 4.79 Å². The molecule has 1 N–H and O–H groups in total.